The molecule has 0 aliphatic carbocycles. The highest BCUT2D eigenvalue weighted by molar-refractivity contribution is 7.99. The van der Waals surface area contributed by atoms with Gasteiger partial charge in [0.2, 0.25) is 5.91 Å². The number of H-pyrrole nitrogens is 1. The van der Waals surface area contributed by atoms with Crippen LogP contribution >= 0.6 is 11.8 Å². The van der Waals surface area contributed by atoms with E-state index < -0.39 is 0 Å². The number of aromatic amines is 1. The maximum atomic E-state index is 12.0. The van der Waals surface area contributed by atoms with Crippen LogP contribution in [0.3, 0.4) is 0 Å². The molecular weight excluding hydrogens is 326 g/mol. The van der Waals surface area contributed by atoms with Crippen molar-refractivity contribution in [2.75, 3.05) is 11.1 Å². The Bertz CT molecular complexity index is 881. The molecule has 0 aliphatic heterocycles. The predicted molar refractivity (Wildman–Crippen MR) is 93.6 cm³/mol. The van der Waals surface area contributed by atoms with Crippen LogP contribution in [0.4, 0.5) is 5.82 Å². The number of imidazole rings is 1. The lowest BCUT2D eigenvalue weighted by Crippen LogP contribution is -2.14. The third-order valence-electron chi connectivity index (χ3n) is 3.35. The van der Waals surface area contributed by atoms with Crippen LogP contribution in [0.15, 0.2) is 58.7 Å². The van der Waals surface area contributed by atoms with Gasteiger partial charge in [-0.25, -0.2) is 9.67 Å². The molecule has 2 aromatic heterocycles. The van der Waals surface area contributed by atoms with Crippen molar-refractivity contribution in [2.24, 2.45) is 7.05 Å². The van der Waals surface area contributed by atoms with Crippen molar-refractivity contribution in [3.8, 4) is 5.69 Å². The molecule has 7 nitrogen and oxygen atoms in total. The zero-order valence-electron chi connectivity index (χ0n) is 13.1. The number of aryl methyl sites for hydroxylation is 1. The van der Waals surface area contributed by atoms with E-state index in [2.05, 4.69) is 15.4 Å². The van der Waals surface area contributed by atoms with Crippen molar-refractivity contribution in [1.29, 1.82) is 0 Å². The second-order valence-electron chi connectivity index (χ2n) is 5.15. The van der Waals surface area contributed by atoms with Gasteiger partial charge in [0.1, 0.15) is 5.82 Å². The van der Waals surface area contributed by atoms with Crippen molar-refractivity contribution in [1.82, 2.24) is 19.3 Å². The summed E-state index contributed by atoms with van der Waals surface area (Å²) in [5, 5.41) is 6.47. The Morgan fingerprint density at radius 3 is 2.83 bits per heavy atom. The highest BCUT2D eigenvalue weighted by atomic mass is 32.2. The lowest BCUT2D eigenvalue weighted by Gasteiger charge is -2.04. The first kappa shape index (κ1) is 16.1. The van der Waals surface area contributed by atoms with Crippen molar-refractivity contribution >= 4 is 23.5 Å². The molecule has 3 rings (SSSR count). The van der Waals surface area contributed by atoms with Crippen LogP contribution in [0.5, 0.6) is 0 Å². The molecule has 124 valence electrons. The summed E-state index contributed by atoms with van der Waals surface area (Å²) in [7, 11) is 1.91. The Hall–Kier alpha value is -2.74. The van der Waals surface area contributed by atoms with Gasteiger partial charge in [-0.2, -0.15) is 0 Å². The average Bonchev–Trinajstić information content (AvgIpc) is 3.14. The molecule has 0 spiro atoms. The number of para-hydroxylation sites is 1. The second-order valence-corrected chi connectivity index (χ2v) is 6.21. The highest BCUT2D eigenvalue weighted by Crippen LogP contribution is 2.15. The summed E-state index contributed by atoms with van der Waals surface area (Å²) in [6.07, 6.45) is 3.91. The van der Waals surface area contributed by atoms with Gasteiger partial charge in [0, 0.05) is 37.7 Å². The Labute approximate surface area is 142 Å². The number of thioether (sulfide) groups is 1. The predicted octanol–water partition coefficient (Wildman–Crippen LogP) is 2.02. The maximum Gasteiger partial charge on any atom is 0.273 e. The summed E-state index contributed by atoms with van der Waals surface area (Å²) >= 11 is 1.51. The number of rotatable bonds is 6. The van der Waals surface area contributed by atoms with E-state index in [1.807, 2.05) is 48.1 Å². The summed E-state index contributed by atoms with van der Waals surface area (Å²) in [6, 6.07) is 10.6. The largest absolute Gasteiger partial charge is 0.329 e. The van der Waals surface area contributed by atoms with E-state index in [0.29, 0.717) is 23.7 Å². The van der Waals surface area contributed by atoms with Crippen LogP contribution < -0.4 is 10.9 Å². The minimum Gasteiger partial charge on any atom is -0.329 e. The number of carbonyl (C=O) groups excluding carboxylic acids is 1. The normalized spacial score (nSPS) is 10.7. The third kappa shape index (κ3) is 3.77. The second kappa shape index (κ2) is 7.22. The molecule has 1 aromatic carbocycles. The van der Waals surface area contributed by atoms with Gasteiger partial charge in [-0.3, -0.25) is 14.7 Å². The van der Waals surface area contributed by atoms with E-state index in [-0.39, 0.29) is 11.5 Å². The van der Waals surface area contributed by atoms with Gasteiger partial charge >= 0.3 is 0 Å². The van der Waals surface area contributed by atoms with Crippen molar-refractivity contribution < 1.29 is 4.79 Å². The molecule has 24 heavy (non-hydrogen) atoms. The summed E-state index contributed by atoms with van der Waals surface area (Å²) in [4.78, 5) is 28.2. The first-order valence-corrected chi connectivity index (χ1v) is 8.39. The minimum absolute atomic E-state index is 0.154. The number of anilines is 1. The van der Waals surface area contributed by atoms with Crippen molar-refractivity contribution in [3.05, 3.63) is 59.1 Å². The Morgan fingerprint density at radius 2 is 2.12 bits per heavy atom. The molecule has 8 heteroatoms. The molecule has 2 heterocycles. The van der Waals surface area contributed by atoms with Crippen LogP contribution in [0.1, 0.15) is 6.42 Å². The Kier molecular flexibility index (Phi) is 4.85. The first-order chi connectivity index (χ1) is 11.6. The van der Waals surface area contributed by atoms with Crippen LogP contribution in [0.25, 0.3) is 5.69 Å². The lowest BCUT2D eigenvalue weighted by molar-refractivity contribution is -0.115. The van der Waals surface area contributed by atoms with Gasteiger partial charge in [0.05, 0.1) is 5.69 Å². The fourth-order valence-corrected chi connectivity index (χ4v) is 3.04. The number of hydrogen-bond donors (Lipinski definition) is 2. The van der Waals surface area contributed by atoms with E-state index >= 15 is 0 Å². The van der Waals surface area contributed by atoms with E-state index in [1.54, 1.807) is 6.20 Å². The summed E-state index contributed by atoms with van der Waals surface area (Å²) in [5.41, 5.74) is 0.493. The number of benzene rings is 1. The third-order valence-corrected chi connectivity index (χ3v) is 4.41. The van der Waals surface area contributed by atoms with Crippen LogP contribution in [0, 0.1) is 0 Å². The lowest BCUT2D eigenvalue weighted by atomic mass is 10.3. The molecule has 0 saturated heterocycles. The summed E-state index contributed by atoms with van der Waals surface area (Å²) in [5.74, 6) is 0.842. The van der Waals surface area contributed by atoms with E-state index in [1.165, 1.54) is 22.5 Å². The number of aromatic nitrogens is 4. The molecule has 3 aromatic rings. The van der Waals surface area contributed by atoms with Gasteiger partial charge in [-0.1, -0.05) is 30.0 Å². The zero-order valence-corrected chi connectivity index (χ0v) is 13.9. The topological polar surface area (TPSA) is 84.7 Å². The summed E-state index contributed by atoms with van der Waals surface area (Å²) in [6.45, 7) is 0. The minimum atomic E-state index is -0.223. The molecule has 0 radical (unpaired) electrons. The van der Waals surface area contributed by atoms with Gasteiger partial charge < -0.3 is 9.88 Å². The van der Waals surface area contributed by atoms with Gasteiger partial charge in [-0.05, 0) is 12.1 Å². The maximum absolute atomic E-state index is 12.0. The average molecular weight is 343 g/mol. The molecule has 2 N–H and O–H groups in total. The molecular formula is C16H17N5O2S. The number of carbonyl (C=O) groups is 1. The Balaban J connectivity index is 1.57. The molecule has 0 aliphatic rings. The van der Waals surface area contributed by atoms with Crippen molar-refractivity contribution in [3.63, 3.8) is 0 Å². The number of hydrogen-bond acceptors (Lipinski definition) is 4. The molecule has 1 amide bonds. The summed E-state index contributed by atoms with van der Waals surface area (Å²) < 4.78 is 3.29. The fraction of sp³-hybridized carbons (Fsp3) is 0.188. The number of amides is 1. The van der Waals surface area contributed by atoms with E-state index in [9.17, 15) is 9.59 Å². The van der Waals surface area contributed by atoms with Crippen molar-refractivity contribution in [2.45, 2.75) is 11.6 Å². The monoisotopic (exact) mass is 343 g/mol. The van der Waals surface area contributed by atoms with Gasteiger partial charge in [0.15, 0.2) is 5.16 Å². The quantitative estimate of drug-likeness (QED) is 0.671. The van der Waals surface area contributed by atoms with Gasteiger partial charge in [0.25, 0.3) is 5.56 Å². The molecule has 0 atom stereocenters. The first-order valence-electron chi connectivity index (χ1n) is 7.41. The fourth-order valence-electron chi connectivity index (χ4n) is 2.17. The van der Waals surface area contributed by atoms with Crippen LogP contribution in [-0.2, 0) is 11.8 Å². The van der Waals surface area contributed by atoms with Crippen LogP contribution in [-0.4, -0.2) is 31.0 Å². The standard InChI is InChI=1S/C16H17N5O2S/c1-20-9-8-17-16(20)24-10-7-14(22)18-13-11-15(23)21(19-13)12-5-3-2-4-6-12/h2-6,8-9,11,19H,7,10H2,1H3,(H,18,22). The smallest absolute Gasteiger partial charge is 0.273 e. The van der Waals surface area contributed by atoms with E-state index in [4.69, 9.17) is 0 Å². The molecule has 0 unspecified atom stereocenters. The Morgan fingerprint density at radius 1 is 1.33 bits per heavy atom. The SMILES string of the molecule is Cn1ccnc1SCCC(=O)Nc1cc(=O)n(-c2ccccc2)[nH]1. The number of nitrogens with one attached hydrogen (secondary N) is 2. The molecule has 0 fully saturated rings. The molecule has 0 saturated carbocycles. The van der Waals surface area contributed by atoms with Gasteiger partial charge in [-0.15, -0.1) is 0 Å². The molecule has 0 bridgehead atoms. The number of nitrogens with zero attached hydrogens (tertiary/aromatic N) is 3. The highest BCUT2D eigenvalue weighted by Gasteiger charge is 2.09. The van der Waals surface area contributed by atoms with Crippen LogP contribution in [0.2, 0.25) is 0 Å². The zero-order chi connectivity index (χ0) is 16.9. The van der Waals surface area contributed by atoms with E-state index in [0.717, 1.165) is 5.16 Å².